The third-order valence-electron chi connectivity index (χ3n) is 5.65. The van der Waals surface area contributed by atoms with E-state index in [4.69, 9.17) is 9.97 Å². The molecule has 0 unspecified atom stereocenters. The molecule has 0 aliphatic heterocycles. The van der Waals surface area contributed by atoms with E-state index in [2.05, 4.69) is 91.0 Å². The van der Waals surface area contributed by atoms with E-state index in [0.29, 0.717) is 0 Å². The van der Waals surface area contributed by atoms with Gasteiger partial charge in [0.15, 0.2) is 5.82 Å². The fraction of sp³-hybridized carbons (Fsp3) is 0. The van der Waals surface area contributed by atoms with E-state index in [0.717, 1.165) is 38.9 Å². The summed E-state index contributed by atoms with van der Waals surface area (Å²) in [7, 11) is 0. The normalized spacial score (nSPS) is 11.3. The smallest absolute Gasteiger partial charge is 0.160 e. The molecule has 0 spiro atoms. The van der Waals surface area contributed by atoms with E-state index in [9.17, 15) is 0 Å². The second kappa shape index (κ2) is 6.78. The van der Waals surface area contributed by atoms with Crippen LogP contribution in [0.15, 0.2) is 109 Å². The van der Waals surface area contributed by atoms with Crippen LogP contribution in [0.5, 0.6) is 0 Å². The Morgan fingerprint density at radius 2 is 1.13 bits per heavy atom. The molecule has 0 atom stereocenters. The van der Waals surface area contributed by atoms with Gasteiger partial charge in [0.1, 0.15) is 0 Å². The van der Waals surface area contributed by atoms with Crippen molar-refractivity contribution in [3.05, 3.63) is 109 Å². The minimum absolute atomic E-state index is 0.752. The molecule has 6 aromatic rings. The summed E-state index contributed by atoms with van der Waals surface area (Å²) < 4.78 is 0. The lowest BCUT2D eigenvalue weighted by atomic mass is 9.99. The first-order valence-corrected chi connectivity index (χ1v) is 10.1. The number of aromatic nitrogens is 2. The zero-order chi connectivity index (χ0) is 19.9. The minimum Gasteiger partial charge on any atom is -0.227 e. The van der Waals surface area contributed by atoms with Crippen molar-refractivity contribution in [1.82, 2.24) is 9.97 Å². The monoisotopic (exact) mass is 382 g/mol. The van der Waals surface area contributed by atoms with Gasteiger partial charge in [0.25, 0.3) is 0 Å². The number of fused-ring (bicyclic) bond motifs is 4. The summed E-state index contributed by atoms with van der Waals surface area (Å²) in [6.45, 7) is 0. The maximum Gasteiger partial charge on any atom is 0.160 e. The first-order chi connectivity index (χ1) is 14.9. The lowest BCUT2D eigenvalue weighted by Crippen LogP contribution is -1.96. The molecule has 0 radical (unpaired) electrons. The average Bonchev–Trinajstić information content (AvgIpc) is 2.83. The van der Waals surface area contributed by atoms with Gasteiger partial charge in [-0.25, -0.2) is 9.97 Å². The highest BCUT2D eigenvalue weighted by molar-refractivity contribution is 6.10. The molecule has 0 bridgehead atoms. The predicted molar refractivity (Wildman–Crippen MR) is 125 cm³/mol. The van der Waals surface area contributed by atoms with Crippen molar-refractivity contribution in [1.29, 1.82) is 0 Å². The van der Waals surface area contributed by atoms with Gasteiger partial charge in [0, 0.05) is 21.9 Å². The van der Waals surface area contributed by atoms with Gasteiger partial charge in [-0.3, -0.25) is 0 Å². The quantitative estimate of drug-likeness (QED) is 0.294. The van der Waals surface area contributed by atoms with Crippen molar-refractivity contribution in [2.75, 3.05) is 0 Å². The predicted octanol–water partition coefficient (Wildman–Crippen LogP) is 7.27. The van der Waals surface area contributed by atoms with Gasteiger partial charge in [-0.1, -0.05) is 97.1 Å². The van der Waals surface area contributed by atoms with E-state index >= 15 is 0 Å². The Balaban J connectivity index is 1.72. The van der Waals surface area contributed by atoms with Crippen LogP contribution in [0.2, 0.25) is 0 Å². The van der Waals surface area contributed by atoms with E-state index in [1.165, 1.54) is 16.2 Å². The highest BCUT2D eigenvalue weighted by atomic mass is 14.9. The third-order valence-corrected chi connectivity index (χ3v) is 5.65. The molecule has 0 saturated heterocycles. The van der Waals surface area contributed by atoms with Crippen molar-refractivity contribution < 1.29 is 0 Å². The second-order valence-electron chi connectivity index (χ2n) is 7.51. The fourth-order valence-corrected chi connectivity index (χ4v) is 4.14. The van der Waals surface area contributed by atoms with Gasteiger partial charge in [-0.2, -0.15) is 0 Å². The van der Waals surface area contributed by atoms with E-state index in [1.807, 2.05) is 18.2 Å². The topological polar surface area (TPSA) is 25.8 Å². The van der Waals surface area contributed by atoms with Crippen LogP contribution in [0.4, 0.5) is 0 Å². The molecule has 30 heavy (non-hydrogen) atoms. The first-order valence-electron chi connectivity index (χ1n) is 10.1. The molecular weight excluding hydrogens is 364 g/mol. The zero-order valence-corrected chi connectivity index (χ0v) is 16.3. The lowest BCUT2D eigenvalue weighted by molar-refractivity contribution is 1.23. The number of benzene rings is 5. The Labute approximate surface area is 174 Å². The maximum absolute atomic E-state index is 5.04. The van der Waals surface area contributed by atoms with Crippen LogP contribution in [0, 0.1) is 0 Å². The zero-order valence-electron chi connectivity index (χ0n) is 16.3. The van der Waals surface area contributed by atoms with Crippen LogP contribution < -0.4 is 0 Å². The highest BCUT2D eigenvalue weighted by Gasteiger charge is 2.14. The van der Waals surface area contributed by atoms with Gasteiger partial charge in [-0.15, -0.1) is 0 Å². The van der Waals surface area contributed by atoms with Crippen molar-refractivity contribution in [3.8, 4) is 22.6 Å². The highest BCUT2D eigenvalue weighted by Crippen LogP contribution is 2.34. The van der Waals surface area contributed by atoms with Crippen molar-refractivity contribution in [3.63, 3.8) is 0 Å². The minimum atomic E-state index is 0.752. The maximum atomic E-state index is 5.04. The summed E-state index contributed by atoms with van der Waals surface area (Å²) in [5.41, 5.74) is 4.09. The van der Waals surface area contributed by atoms with Crippen molar-refractivity contribution in [2.24, 2.45) is 0 Å². The molecule has 0 saturated carbocycles. The molecule has 0 fully saturated rings. The number of nitrogens with zero attached hydrogens (tertiary/aromatic N) is 2. The molecule has 140 valence electrons. The van der Waals surface area contributed by atoms with Crippen LogP contribution in [-0.2, 0) is 0 Å². The number of hydrogen-bond donors (Lipinski definition) is 0. The lowest BCUT2D eigenvalue weighted by Gasteiger charge is -2.12. The first kappa shape index (κ1) is 16.9. The van der Waals surface area contributed by atoms with Gasteiger partial charge in [0.05, 0.1) is 11.2 Å². The third kappa shape index (κ3) is 2.73. The Morgan fingerprint density at radius 3 is 2.00 bits per heavy atom. The molecule has 1 aromatic heterocycles. The molecule has 5 aromatic carbocycles. The summed E-state index contributed by atoms with van der Waals surface area (Å²) in [4.78, 5) is 10.1. The van der Waals surface area contributed by atoms with Crippen LogP contribution in [0.1, 0.15) is 0 Å². The van der Waals surface area contributed by atoms with Crippen molar-refractivity contribution in [2.45, 2.75) is 0 Å². The summed E-state index contributed by atoms with van der Waals surface area (Å²) in [5, 5.41) is 5.85. The van der Waals surface area contributed by atoms with Gasteiger partial charge < -0.3 is 0 Å². The summed E-state index contributed by atoms with van der Waals surface area (Å²) in [5.74, 6) is 0.752. The molecule has 0 aliphatic rings. The Morgan fingerprint density at radius 1 is 0.433 bits per heavy atom. The van der Waals surface area contributed by atoms with Crippen molar-refractivity contribution >= 4 is 32.4 Å². The number of hydrogen-bond acceptors (Lipinski definition) is 2. The van der Waals surface area contributed by atoms with Crippen LogP contribution in [-0.4, -0.2) is 9.97 Å². The molecule has 0 amide bonds. The van der Waals surface area contributed by atoms with E-state index in [1.54, 1.807) is 0 Å². The van der Waals surface area contributed by atoms with Crippen LogP contribution >= 0.6 is 0 Å². The fourth-order valence-electron chi connectivity index (χ4n) is 4.14. The second-order valence-corrected chi connectivity index (χ2v) is 7.51. The summed E-state index contributed by atoms with van der Waals surface area (Å²) in [6.07, 6.45) is 0. The largest absolute Gasteiger partial charge is 0.227 e. The molecule has 0 aliphatic carbocycles. The average molecular weight is 382 g/mol. The van der Waals surface area contributed by atoms with Crippen LogP contribution in [0.25, 0.3) is 55.1 Å². The van der Waals surface area contributed by atoms with E-state index in [-0.39, 0.29) is 0 Å². The molecule has 0 N–H and O–H groups in total. The van der Waals surface area contributed by atoms with Gasteiger partial charge in [0.2, 0.25) is 0 Å². The molecule has 2 nitrogen and oxygen atoms in total. The Kier molecular flexibility index (Phi) is 3.82. The molecular formula is C28H18N2. The van der Waals surface area contributed by atoms with Gasteiger partial charge in [-0.05, 0) is 28.3 Å². The Hall–Kier alpha value is -4.04. The molecule has 1 heterocycles. The standard InChI is InChI=1S/C28H18N2/c1-2-10-21(11-3-1)28-29-26(23-15-14-19-8-4-5-12-22(19)18-23)25-17-16-20-9-6-7-13-24(20)27(25)30-28/h1-18H. The molecule has 6 rings (SSSR count). The van der Waals surface area contributed by atoms with Crippen LogP contribution in [0.3, 0.4) is 0 Å². The molecule has 2 heteroatoms. The van der Waals surface area contributed by atoms with E-state index < -0.39 is 0 Å². The summed E-state index contributed by atoms with van der Waals surface area (Å²) >= 11 is 0. The SMILES string of the molecule is c1ccc(-c2nc(-c3ccc4ccccc4c3)c3ccc4ccccc4c3n2)cc1. The van der Waals surface area contributed by atoms with Gasteiger partial charge >= 0.3 is 0 Å². The Bertz CT molecular complexity index is 1540. The number of rotatable bonds is 2. The summed E-state index contributed by atoms with van der Waals surface area (Å²) in [6, 6.07) is 37.9.